The van der Waals surface area contributed by atoms with Crippen molar-refractivity contribution in [2.24, 2.45) is 5.41 Å². The van der Waals surface area contributed by atoms with Crippen molar-refractivity contribution in [3.8, 4) is 0 Å². The van der Waals surface area contributed by atoms with Crippen LogP contribution in [0.2, 0.25) is 0 Å². The number of piperidine rings is 2. The molecule has 2 saturated heterocycles. The molecule has 1 atom stereocenters. The first-order valence-electron chi connectivity index (χ1n) is 11.5. The number of aliphatic hydroxyl groups excluding tert-OH is 1. The van der Waals surface area contributed by atoms with Crippen LogP contribution in [0.4, 0.5) is 4.39 Å². The lowest BCUT2D eigenvalue weighted by Crippen LogP contribution is -2.53. The molecule has 0 saturated carbocycles. The highest BCUT2D eigenvalue weighted by atomic mass is 19.1. The summed E-state index contributed by atoms with van der Waals surface area (Å²) in [7, 11) is 0. The van der Waals surface area contributed by atoms with Crippen molar-refractivity contribution in [3.05, 3.63) is 71.5 Å². The van der Waals surface area contributed by atoms with E-state index < -0.39 is 0 Å². The van der Waals surface area contributed by atoms with Gasteiger partial charge in [0.25, 0.3) is 0 Å². The Balaban J connectivity index is 1.29. The fourth-order valence-corrected chi connectivity index (χ4v) is 5.36. The lowest BCUT2D eigenvalue weighted by atomic mass is 9.75. The summed E-state index contributed by atoms with van der Waals surface area (Å²) in [5.41, 5.74) is 2.45. The molecule has 0 unspecified atom stereocenters. The number of nitrogens with zero attached hydrogens (tertiary/aromatic N) is 2. The number of benzene rings is 2. The molecule has 0 amide bonds. The van der Waals surface area contributed by atoms with Crippen LogP contribution in [0.5, 0.6) is 0 Å². The summed E-state index contributed by atoms with van der Waals surface area (Å²) in [4.78, 5) is 5.24. The van der Waals surface area contributed by atoms with E-state index in [0.29, 0.717) is 6.04 Å². The van der Waals surface area contributed by atoms with Crippen molar-refractivity contribution in [2.75, 3.05) is 39.3 Å². The normalized spacial score (nSPS) is 24.2. The van der Waals surface area contributed by atoms with Crippen LogP contribution < -0.4 is 0 Å². The summed E-state index contributed by atoms with van der Waals surface area (Å²) >= 11 is 0. The molecule has 0 aromatic heterocycles. The molecule has 2 fully saturated rings. The van der Waals surface area contributed by atoms with Crippen molar-refractivity contribution in [1.29, 1.82) is 0 Å². The summed E-state index contributed by atoms with van der Waals surface area (Å²) in [6.07, 6.45) is 6.57. The monoisotopic (exact) mass is 410 g/mol. The second-order valence-corrected chi connectivity index (χ2v) is 9.34. The number of rotatable bonds is 7. The maximum absolute atomic E-state index is 13.3. The molecule has 0 bridgehead atoms. The summed E-state index contributed by atoms with van der Waals surface area (Å²) in [5, 5.41) is 10.3. The van der Waals surface area contributed by atoms with Crippen LogP contribution in [-0.2, 0) is 12.8 Å². The summed E-state index contributed by atoms with van der Waals surface area (Å²) < 4.78 is 13.3. The van der Waals surface area contributed by atoms with E-state index in [4.69, 9.17) is 0 Å². The van der Waals surface area contributed by atoms with Crippen LogP contribution in [0, 0.1) is 11.2 Å². The van der Waals surface area contributed by atoms with Gasteiger partial charge in [0.1, 0.15) is 5.82 Å². The first-order valence-corrected chi connectivity index (χ1v) is 11.5. The summed E-state index contributed by atoms with van der Waals surface area (Å²) in [5.74, 6) is -0.193. The molecule has 4 heteroatoms. The topological polar surface area (TPSA) is 26.7 Å². The highest BCUT2D eigenvalue weighted by Gasteiger charge is 2.38. The highest BCUT2D eigenvalue weighted by Crippen LogP contribution is 2.35. The van der Waals surface area contributed by atoms with Crippen molar-refractivity contribution >= 4 is 0 Å². The molecule has 0 radical (unpaired) electrons. The molecular weight excluding hydrogens is 375 g/mol. The minimum atomic E-state index is -0.193. The van der Waals surface area contributed by atoms with Crippen molar-refractivity contribution in [3.63, 3.8) is 0 Å². The number of hydrogen-bond acceptors (Lipinski definition) is 3. The molecular formula is C26H35FN2O. The molecule has 4 rings (SSSR count). The lowest BCUT2D eigenvalue weighted by Gasteiger charge is -2.47. The largest absolute Gasteiger partial charge is 0.396 e. The predicted molar refractivity (Wildman–Crippen MR) is 120 cm³/mol. The number of hydrogen-bond donors (Lipinski definition) is 1. The van der Waals surface area contributed by atoms with Gasteiger partial charge >= 0.3 is 0 Å². The van der Waals surface area contributed by atoms with E-state index >= 15 is 0 Å². The van der Waals surface area contributed by atoms with Gasteiger partial charge in [-0.2, -0.15) is 0 Å². The molecule has 2 heterocycles. The van der Waals surface area contributed by atoms with Crippen LogP contribution in [0.1, 0.15) is 36.8 Å². The van der Waals surface area contributed by atoms with Gasteiger partial charge in [0, 0.05) is 24.5 Å². The van der Waals surface area contributed by atoms with Gasteiger partial charge in [-0.3, -0.25) is 4.90 Å². The second kappa shape index (κ2) is 10.0. The van der Waals surface area contributed by atoms with Gasteiger partial charge < -0.3 is 10.0 Å². The van der Waals surface area contributed by atoms with Gasteiger partial charge in [0.15, 0.2) is 0 Å². The number of likely N-dealkylation sites (tertiary alicyclic amines) is 2. The molecule has 2 aromatic rings. The van der Waals surface area contributed by atoms with Gasteiger partial charge in [-0.25, -0.2) is 4.39 Å². The minimum Gasteiger partial charge on any atom is -0.396 e. The maximum Gasteiger partial charge on any atom is 0.123 e. The second-order valence-electron chi connectivity index (χ2n) is 9.34. The number of halogens is 1. The van der Waals surface area contributed by atoms with Gasteiger partial charge in [-0.05, 0) is 81.4 Å². The Morgan fingerprint density at radius 2 is 1.67 bits per heavy atom. The van der Waals surface area contributed by atoms with Crippen LogP contribution >= 0.6 is 0 Å². The standard InChI is InChI=1S/C26H35FN2O/c27-24-9-7-23(8-10-24)19-26(21-30)14-4-15-29(20-26)25-12-17-28(18-13-25)16-11-22-5-2-1-3-6-22/h1-3,5-10,25,30H,4,11-21H2/t26-/m0/s1. The molecule has 2 aliphatic rings. The Morgan fingerprint density at radius 1 is 0.933 bits per heavy atom. The third-order valence-corrected chi connectivity index (χ3v) is 7.15. The average molecular weight is 411 g/mol. The van der Waals surface area contributed by atoms with Crippen molar-refractivity contribution in [2.45, 2.75) is 44.6 Å². The van der Waals surface area contributed by atoms with Crippen LogP contribution in [0.3, 0.4) is 0 Å². The first-order chi connectivity index (χ1) is 14.7. The van der Waals surface area contributed by atoms with E-state index in [-0.39, 0.29) is 17.8 Å². The van der Waals surface area contributed by atoms with E-state index in [1.54, 1.807) is 0 Å². The summed E-state index contributed by atoms with van der Waals surface area (Å²) in [6.45, 7) is 5.77. The Labute approximate surface area is 180 Å². The van der Waals surface area contributed by atoms with Gasteiger partial charge in [-0.15, -0.1) is 0 Å². The van der Waals surface area contributed by atoms with Gasteiger partial charge in [0.2, 0.25) is 0 Å². The Kier molecular flexibility index (Phi) is 7.19. The molecule has 30 heavy (non-hydrogen) atoms. The van der Waals surface area contributed by atoms with Crippen LogP contribution in [0.25, 0.3) is 0 Å². The fraction of sp³-hybridized carbons (Fsp3) is 0.538. The van der Waals surface area contributed by atoms with Crippen molar-refractivity contribution in [1.82, 2.24) is 9.80 Å². The van der Waals surface area contributed by atoms with E-state index in [9.17, 15) is 9.50 Å². The number of aliphatic hydroxyl groups is 1. The minimum absolute atomic E-state index is 0.0967. The fourth-order valence-electron chi connectivity index (χ4n) is 5.36. The molecule has 1 N–H and O–H groups in total. The molecule has 162 valence electrons. The highest BCUT2D eigenvalue weighted by molar-refractivity contribution is 5.18. The first kappa shape index (κ1) is 21.5. The quantitative estimate of drug-likeness (QED) is 0.743. The Hall–Kier alpha value is -1.75. The van der Waals surface area contributed by atoms with Crippen LogP contribution in [0.15, 0.2) is 54.6 Å². The third kappa shape index (κ3) is 5.48. The van der Waals surface area contributed by atoms with E-state index in [1.165, 1.54) is 30.5 Å². The van der Waals surface area contributed by atoms with E-state index in [0.717, 1.165) is 64.0 Å². The molecule has 2 aromatic carbocycles. The van der Waals surface area contributed by atoms with Gasteiger partial charge in [0.05, 0.1) is 6.61 Å². The third-order valence-electron chi connectivity index (χ3n) is 7.15. The SMILES string of the molecule is OC[C@]1(Cc2ccc(F)cc2)CCCN(C2CCN(CCc3ccccc3)CC2)C1. The van der Waals surface area contributed by atoms with E-state index in [2.05, 4.69) is 40.1 Å². The molecule has 2 aliphatic heterocycles. The zero-order valence-electron chi connectivity index (χ0n) is 18.0. The van der Waals surface area contributed by atoms with E-state index in [1.807, 2.05) is 12.1 Å². The summed E-state index contributed by atoms with van der Waals surface area (Å²) in [6, 6.07) is 18.2. The molecule has 0 spiro atoms. The maximum atomic E-state index is 13.3. The van der Waals surface area contributed by atoms with Crippen molar-refractivity contribution < 1.29 is 9.50 Å². The Morgan fingerprint density at radius 3 is 2.37 bits per heavy atom. The smallest absolute Gasteiger partial charge is 0.123 e. The predicted octanol–water partition coefficient (Wildman–Crippen LogP) is 4.15. The average Bonchev–Trinajstić information content (AvgIpc) is 2.80. The molecule has 3 nitrogen and oxygen atoms in total. The molecule has 0 aliphatic carbocycles. The Bertz CT molecular complexity index is 773. The lowest BCUT2D eigenvalue weighted by molar-refractivity contribution is -0.00267. The van der Waals surface area contributed by atoms with Gasteiger partial charge in [-0.1, -0.05) is 42.5 Å². The van der Waals surface area contributed by atoms with Crippen LogP contribution in [-0.4, -0.2) is 60.3 Å². The zero-order chi connectivity index (χ0) is 20.8. The zero-order valence-corrected chi connectivity index (χ0v) is 18.0.